The first-order chi connectivity index (χ1) is 9.38. The van der Waals surface area contributed by atoms with Gasteiger partial charge in [-0.2, -0.15) is 0 Å². The molecule has 2 nitrogen and oxygen atoms in total. The van der Waals surface area contributed by atoms with E-state index in [2.05, 4.69) is 37.4 Å². The molecular formula is C18H26N2. The van der Waals surface area contributed by atoms with Gasteiger partial charge in [0.15, 0.2) is 0 Å². The molecular weight excluding hydrogens is 244 g/mol. The number of anilines is 2. The summed E-state index contributed by atoms with van der Waals surface area (Å²) in [6.45, 7) is 5.04. The van der Waals surface area contributed by atoms with E-state index in [-0.39, 0.29) is 0 Å². The first-order valence-electron chi connectivity index (χ1n) is 8.02. The van der Waals surface area contributed by atoms with Gasteiger partial charge in [0.25, 0.3) is 0 Å². The zero-order valence-corrected chi connectivity index (χ0v) is 12.7. The fourth-order valence-electron chi connectivity index (χ4n) is 6.51. The van der Waals surface area contributed by atoms with Gasteiger partial charge in [-0.05, 0) is 73.5 Å². The van der Waals surface area contributed by atoms with Crippen LogP contribution in [0.15, 0.2) is 24.3 Å². The lowest BCUT2D eigenvalue weighted by Crippen LogP contribution is -2.61. The first kappa shape index (κ1) is 12.6. The second kappa shape index (κ2) is 3.72. The van der Waals surface area contributed by atoms with E-state index in [4.69, 9.17) is 5.73 Å². The maximum Gasteiger partial charge on any atom is 0.0386 e. The molecule has 4 bridgehead atoms. The molecule has 2 unspecified atom stereocenters. The summed E-state index contributed by atoms with van der Waals surface area (Å²) >= 11 is 0. The van der Waals surface area contributed by atoms with Gasteiger partial charge < -0.3 is 11.1 Å². The second-order valence-electron chi connectivity index (χ2n) is 8.66. The van der Waals surface area contributed by atoms with Crippen LogP contribution in [0.25, 0.3) is 0 Å². The van der Waals surface area contributed by atoms with Crippen LogP contribution in [-0.2, 0) is 0 Å². The standard InChI is InChI=1S/C18H26N2/c1-16-7-13-8-17(2,10-16)12-18(9-13,11-16)20-15-5-3-4-14(19)6-15/h3-6,13,20H,7-12,19H2,1-2H3. The number of nitrogens with one attached hydrogen (secondary N) is 1. The molecule has 0 radical (unpaired) electrons. The summed E-state index contributed by atoms with van der Waals surface area (Å²) in [4.78, 5) is 0. The summed E-state index contributed by atoms with van der Waals surface area (Å²) in [5.41, 5.74) is 9.43. The summed E-state index contributed by atoms with van der Waals surface area (Å²) in [5.74, 6) is 0.926. The van der Waals surface area contributed by atoms with Gasteiger partial charge in [-0.1, -0.05) is 19.9 Å². The van der Waals surface area contributed by atoms with E-state index in [1.807, 2.05) is 6.07 Å². The van der Waals surface area contributed by atoms with Crippen molar-refractivity contribution < 1.29 is 0 Å². The number of hydrogen-bond donors (Lipinski definition) is 2. The topological polar surface area (TPSA) is 38.0 Å². The predicted octanol–water partition coefficient (Wildman–Crippen LogP) is 4.43. The molecule has 0 heterocycles. The van der Waals surface area contributed by atoms with Crippen molar-refractivity contribution in [2.24, 2.45) is 16.7 Å². The Bertz CT molecular complexity index is 532. The average molecular weight is 270 g/mol. The molecule has 3 N–H and O–H groups in total. The highest BCUT2D eigenvalue weighted by atomic mass is 15.0. The minimum absolute atomic E-state index is 0.316. The van der Waals surface area contributed by atoms with Crippen molar-refractivity contribution in [1.29, 1.82) is 0 Å². The Kier molecular flexibility index (Phi) is 2.33. The highest BCUT2D eigenvalue weighted by Gasteiger charge is 2.60. The molecule has 5 rings (SSSR count). The van der Waals surface area contributed by atoms with Crippen LogP contribution in [0.3, 0.4) is 0 Å². The van der Waals surface area contributed by atoms with Crippen LogP contribution in [0.5, 0.6) is 0 Å². The lowest BCUT2D eigenvalue weighted by Gasteiger charge is -2.65. The van der Waals surface area contributed by atoms with Gasteiger partial charge in [0.1, 0.15) is 0 Å². The second-order valence-corrected chi connectivity index (χ2v) is 8.66. The van der Waals surface area contributed by atoms with Gasteiger partial charge in [-0.3, -0.25) is 0 Å². The van der Waals surface area contributed by atoms with E-state index in [0.717, 1.165) is 11.6 Å². The van der Waals surface area contributed by atoms with E-state index in [1.54, 1.807) is 0 Å². The maximum atomic E-state index is 5.94. The predicted molar refractivity (Wildman–Crippen MR) is 84.6 cm³/mol. The highest BCUT2D eigenvalue weighted by Crippen LogP contribution is 2.66. The molecule has 0 amide bonds. The molecule has 4 saturated carbocycles. The lowest BCUT2D eigenvalue weighted by atomic mass is 9.43. The van der Waals surface area contributed by atoms with Crippen LogP contribution in [0, 0.1) is 16.7 Å². The van der Waals surface area contributed by atoms with Crippen LogP contribution >= 0.6 is 0 Å². The Hall–Kier alpha value is -1.18. The van der Waals surface area contributed by atoms with Crippen LogP contribution in [0.1, 0.15) is 52.4 Å². The quantitative estimate of drug-likeness (QED) is 0.780. The molecule has 4 aliphatic rings. The zero-order chi connectivity index (χ0) is 14.0. The molecule has 4 fully saturated rings. The van der Waals surface area contributed by atoms with Crippen LogP contribution in [0.4, 0.5) is 11.4 Å². The third-order valence-corrected chi connectivity index (χ3v) is 5.92. The van der Waals surface area contributed by atoms with Crippen molar-refractivity contribution in [2.45, 2.75) is 57.9 Å². The molecule has 20 heavy (non-hydrogen) atoms. The van der Waals surface area contributed by atoms with Crippen molar-refractivity contribution in [2.75, 3.05) is 11.1 Å². The molecule has 0 saturated heterocycles. The van der Waals surface area contributed by atoms with Gasteiger partial charge in [0, 0.05) is 16.9 Å². The molecule has 108 valence electrons. The van der Waals surface area contributed by atoms with Crippen molar-refractivity contribution in [3.63, 3.8) is 0 Å². The molecule has 2 heteroatoms. The molecule has 2 atom stereocenters. The molecule has 0 aromatic heterocycles. The summed E-state index contributed by atoms with van der Waals surface area (Å²) in [5, 5.41) is 3.90. The Morgan fingerprint density at radius 1 is 1.05 bits per heavy atom. The molecule has 1 aromatic carbocycles. The number of rotatable bonds is 2. The van der Waals surface area contributed by atoms with Crippen molar-refractivity contribution >= 4 is 11.4 Å². The summed E-state index contributed by atoms with van der Waals surface area (Å²) in [7, 11) is 0. The lowest BCUT2D eigenvalue weighted by molar-refractivity contribution is -0.0972. The van der Waals surface area contributed by atoms with Gasteiger partial charge in [0.05, 0.1) is 0 Å². The number of nitrogen functional groups attached to an aromatic ring is 1. The van der Waals surface area contributed by atoms with Gasteiger partial charge in [-0.15, -0.1) is 0 Å². The fourth-order valence-corrected chi connectivity index (χ4v) is 6.51. The third-order valence-electron chi connectivity index (χ3n) is 5.92. The number of nitrogens with two attached hydrogens (primary N) is 1. The third kappa shape index (κ3) is 1.92. The SMILES string of the molecule is CC12CC3CC(C)(C1)CC(Nc1cccc(N)c1)(C3)C2. The van der Waals surface area contributed by atoms with Crippen LogP contribution < -0.4 is 11.1 Å². The van der Waals surface area contributed by atoms with E-state index < -0.39 is 0 Å². The Balaban J connectivity index is 1.67. The van der Waals surface area contributed by atoms with Gasteiger partial charge in [-0.25, -0.2) is 0 Å². The summed E-state index contributed by atoms with van der Waals surface area (Å²) < 4.78 is 0. The smallest absolute Gasteiger partial charge is 0.0386 e. The van der Waals surface area contributed by atoms with Gasteiger partial charge >= 0.3 is 0 Å². The van der Waals surface area contributed by atoms with Crippen LogP contribution in [-0.4, -0.2) is 5.54 Å². The van der Waals surface area contributed by atoms with Crippen molar-refractivity contribution in [3.05, 3.63) is 24.3 Å². The summed E-state index contributed by atoms with van der Waals surface area (Å²) in [6, 6.07) is 8.28. The fraction of sp³-hybridized carbons (Fsp3) is 0.667. The largest absolute Gasteiger partial charge is 0.399 e. The Labute approximate surface area is 122 Å². The van der Waals surface area contributed by atoms with E-state index >= 15 is 0 Å². The maximum absolute atomic E-state index is 5.94. The van der Waals surface area contributed by atoms with Gasteiger partial charge in [0.2, 0.25) is 0 Å². The molecule has 0 aliphatic heterocycles. The number of benzene rings is 1. The minimum Gasteiger partial charge on any atom is -0.399 e. The van der Waals surface area contributed by atoms with Crippen molar-refractivity contribution in [1.82, 2.24) is 0 Å². The highest BCUT2D eigenvalue weighted by molar-refractivity contribution is 5.55. The van der Waals surface area contributed by atoms with Crippen LogP contribution in [0.2, 0.25) is 0 Å². The monoisotopic (exact) mass is 270 g/mol. The average Bonchev–Trinajstić information content (AvgIpc) is 2.22. The minimum atomic E-state index is 0.316. The summed E-state index contributed by atoms with van der Waals surface area (Å²) in [6.07, 6.45) is 8.34. The molecule has 0 spiro atoms. The number of hydrogen-bond acceptors (Lipinski definition) is 2. The molecule has 4 aliphatic carbocycles. The van der Waals surface area contributed by atoms with E-state index in [1.165, 1.54) is 44.2 Å². The van der Waals surface area contributed by atoms with E-state index in [9.17, 15) is 0 Å². The molecule has 1 aromatic rings. The zero-order valence-electron chi connectivity index (χ0n) is 12.7. The first-order valence-corrected chi connectivity index (χ1v) is 8.02. The Morgan fingerprint density at radius 3 is 2.35 bits per heavy atom. The Morgan fingerprint density at radius 2 is 1.75 bits per heavy atom. The normalized spacial score (nSPS) is 45.6. The van der Waals surface area contributed by atoms with Crippen molar-refractivity contribution in [3.8, 4) is 0 Å². The van der Waals surface area contributed by atoms with E-state index in [0.29, 0.717) is 16.4 Å².